The van der Waals surface area contributed by atoms with Crippen LogP contribution in [0.5, 0.6) is 0 Å². The van der Waals surface area contributed by atoms with Gasteiger partial charge in [-0.05, 0) is 61.0 Å². The smallest absolute Gasteiger partial charge is 0.255 e. The lowest BCUT2D eigenvalue weighted by Gasteiger charge is -2.29. The predicted molar refractivity (Wildman–Crippen MR) is 97.5 cm³/mol. The molecule has 7 heteroatoms. The summed E-state index contributed by atoms with van der Waals surface area (Å²) < 4.78 is 0. The van der Waals surface area contributed by atoms with Gasteiger partial charge in [0.05, 0.1) is 0 Å². The molecule has 1 saturated carbocycles. The third kappa shape index (κ3) is 2.95. The Kier molecular flexibility index (Phi) is 4.02. The highest BCUT2D eigenvalue weighted by molar-refractivity contribution is 6.05. The van der Waals surface area contributed by atoms with Crippen molar-refractivity contribution in [2.45, 2.75) is 32.0 Å². The summed E-state index contributed by atoms with van der Waals surface area (Å²) in [5.74, 6) is 1.79. The van der Waals surface area contributed by atoms with Crippen molar-refractivity contribution >= 4 is 17.7 Å². The standard InChI is InChI=1S/C20H24N4O3/c25-18-4-3-17(19(26)23-18)24-10-12-5-11(1-2-13(12)20(24)27)6-21-7-14-15-8-22-9-16(14)15/h1-2,5,14-17,21-22H,3-4,6-10H2,(H,23,25,26)/t14?,15-,16+,17?. The first kappa shape index (κ1) is 16.9. The van der Waals surface area contributed by atoms with E-state index in [1.807, 2.05) is 12.1 Å². The third-order valence-corrected chi connectivity index (χ3v) is 6.57. The quantitative estimate of drug-likeness (QED) is 0.637. The minimum Gasteiger partial charge on any atom is -0.322 e. The normalized spacial score (nSPS) is 31.7. The summed E-state index contributed by atoms with van der Waals surface area (Å²) in [6, 6.07) is 5.39. The molecule has 3 aliphatic heterocycles. The number of imide groups is 1. The van der Waals surface area contributed by atoms with Crippen LogP contribution in [0, 0.1) is 17.8 Å². The second kappa shape index (κ2) is 6.42. The van der Waals surface area contributed by atoms with Gasteiger partial charge in [0.15, 0.2) is 0 Å². The Labute approximate surface area is 157 Å². The summed E-state index contributed by atoms with van der Waals surface area (Å²) in [6.45, 7) is 4.60. The van der Waals surface area contributed by atoms with Gasteiger partial charge in [0.25, 0.3) is 5.91 Å². The molecular weight excluding hydrogens is 344 g/mol. The maximum atomic E-state index is 12.7. The number of piperidine rings is 2. The number of benzene rings is 1. The van der Waals surface area contributed by atoms with Crippen molar-refractivity contribution in [3.05, 3.63) is 34.9 Å². The average Bonchev–Trinajstić information content (AvgIpc) is 2.97. The molecule has 5 rings (SSSR count). The first-order chi connectivity index (χ1) is 13.1. The molecular formula is C20H24N4O3. The van der Waals surface area contributed by atoms with E-state index in [1.165, 1.54) is 0 Å². The Morgan fingerprint density at radius 2 is 1.96 bits per heavy atom. The van der Waals surface area contributed by atoms with Crippen molar-refractivity contribution in [3.8, 4) is 0 Å². The number of hydrogen-bond acceptors (Lipinski definition) is 5. The second-order valence-corrected chi connectivity index (χ2v) is 8.17. The molecule has 4 atom stereocenters. The summed E-state index contributed by atoms with van der Waals surface area (Å²) in [7, 11) is 0. The minimum atomic E-state index is -0.549. The maximum Gasteiger partial charge on any atom is 0.255 e. The van der Waals surface area contributed by atoms with Crippen LogP contribution in [0.4, 0.5) is 0 Å². The van der Waals surface area contributed by atoms with Crippen molar-refractivity contribution in [1.29, 1.82) is 0 Å². The van der Waals surface area contributed by atoms with Gasteiger partial charge in [0.2, 0.25) is 11.8 Å². The first-order valence-electron chi connectivity index (χ1n) is 9.79. The van der Waals surface area contributed by atoms with Gasteiger partial charge >= 0.3 is 0 Å². The maximum absolute atomic E-state index is 12.7. The van der Waals surface area contributed by atoms with Gasteiger partial charge in [-0.3, -0.25) is 19.7 Å². The van der Waals surface area contributed by atoms with Crippen LogP contribution in [0.3, 0.4) is 0 Å². The summed E-state index contributed by atoms with van der Waals surface area (Å²) >= 11 is 0. The molecule has 1 aromatic rings. The Hall–Kier alpha value is -2.25. The van der Waals surface area contributed by atoms with Gasteiger partial charge in [-0.2, -0.15) is 0 Å². The number of carbonyl (C=O) groups excluding carboxylic acids is 3. The number of carbonyl (C=O) groups is 3. The number of rotatable bonds is 5. The highest BCUT2D eigenvalue weighted by Crippen LogP contribution is 2.48. The number of nitrogens with zero attached hydrogens (tertiary/aromatic N) is 1. The van der Waals surface area contributed by atoms with Gasteiger partial charge in [-0.25, -0.2) is 0 Å². The Balaban J connectivity index is 1.21. The number of nitrogens with one attached hydrogen (secondary N) is 3. The molecule has 2 saturated heterocycles. The van der Waals surface area contributed by atoms with Gasteiger partial charge < -0.3 is 15.5 Å². The lowest BCUT2D eigenvalue weighted by atomic mass is 10.0. The number of amides is 3. The summed E-state index contributed by atoms with van der Waals surface area (Å²) in [6.07, 6.45) is 0.682. The van der Waals surface area contributed by atoms with Gasteiger partial charge in [-0.15, -0.1) is 0 Å². The zero-order valence-electron chi connectivity index (χ0n) is 15.2. The second-order valence-electron chi connectivity index (χ2n) is 8.17. The molecule has 3 N–H and O–H groups in total. The average molecular weight is 368 g/mol. The molecule has 0 bridgehead atoms. The molecule has 3 heterocycles. The monoisotopic (exact) mass is 368 g/mol. The molecule has 1 aliphatic carbocycles. The molecule has 142 valence electrons. The van der Waals surface area contributed by atoms with E-state index < -0.39 is 6.04 Å². The molecule has 3 amide bonds. The van der Waals surface area contributed by atoms with E-state index in [0.29, 0.717) is 18.5 Å². The van der Waals surface area contributed by atoms with Crippen molar-refractivity contribution < 1.29 is 14.4 Å². The lowest BCUT2D eigenvalue weighted by molar-refractivity contribution is -0.136. The fourth-order valence-electron chi connectivity index (χ4n) is 4.97. The molecule has 7 nitrogen and oxygen atoms in total. The molecule has 4 aliphatic rings. The van der Waals surface area contributed by atoms with Crippen LogP contribution in [0.2, 0.25) is 0 Å². The van der Waals surface area contributed by atoms with Crippen LogP contribution in [-0.4, -0.2) is 48.3 Å². The Morgan fingerprint density at radius 1 is 1.15 bits per heavy atom. The van der Waals surface area contributed by atoms with Crippen LogP contribution in [0.25, 0.3) is 0 Å². The minimum absolute atomic E-state index is 0.114. The highest BCUT2D eigenvalue weighted by atomic mass is 16.2. The van der Waals surface area contributed by atoms with Crippen LogP contribution < -0.4 is 16.0 Å². The zero-order chi connectivity index (χ0) is 18.5. The van der Waals surface area contributed by atoms with Crippen molar-refractivity contribution in [2.75, 3.05) is 19.6 Å². The van der Waals surface area contributed by atoms with Crippen LogP contribution in [-0.2, 0) is 22.7 Å². The van der Waals surface area contributed by atoms with Crippen molar-refractivity contribution in [2.24, 2.45) is 17.8 Å². The van der Waals surface area contributed by atoms with Crippen molar-refractivity contribution in [1.82, 2.24) is 20.9 Å². The zero-order valence-corrected chi connectivity index (χ0v) is 15.2. The lowest BCUT2D eigenvalue weighted by Crippen LogP contribution is -2.52. The van der Waals surface area contributed by atoms with E-state index in [-0.39, 0.29) is 24.1 Å². The largest absolute Gasteiger partial charge is 0.322 e. The fraction of sp³-hybridized carbons (Fsp3) is 0.550. The van der Waals surface area contributed by atoms with Crippen LogP contribution >= 0.6 is 0 Å². The summed E-state index contributed by atoms with van der Waals surface area (Å²) in [5.41, 5.74) is 2.80. The first-order valence-corrected chi connectivity index (χ1v) is 9.79. The number of hydrogen-bond donors (Lipinski definition) is 3. The van der Waals surface area contributed by atoms with E-state index >= 15 is 0 Å². The van der Waals surface area contributed by atoms with Gasteiger partial charge in [-0.1, -0.05) is 12.1 Å². The molecule has 0 spiro atoms. The Bertz CT molecular complexity index is 813. The molecule has 1 aromatic carbocycles. The van der Waals surface area contributed by atoms with Gasteiger partial charge in [0.1, 0.15) is 6.04 Å². The van der Waals surface area contributed by atoms with Crippen molar-refractivity contribution in [3.63, 3.8) is 0 Å². The van der Waals surface area contributed by atoms with E-state index in [2.05, 4.69) is 22.0 Å². The molecule has 0 radical (unpaired) electrons. The summed E-state index contributed by atoms with van der Waals surface area (Å²) in [4.78, 5) is 37.8. The molecule has 3 fully saturated rings. The molecule has 2 unspecified atom stereocenters. The van der Waals surface area contributed by atoms with E-state index in [0.717, 1.165) is 55.1 Å². The third-order valence-electron chi connectivity index (χ3n) is 6.57. The van der Waals surface area contributed by atoms with Crippen LogP contribution in [0.1, 0.15) is 34.3 Å². The predicted octanol–water partition coefficient (Wildman–Crippen LogP) is 0.00260. The number of fused-ring (bicyclic) bond motifs is 2. The van der Waals surface area contributed by atoms with E-state index in [9.17, 15) is 14.4 Å². The topological polar surface area (TPSA) is 90.5 Å². The molecule has 27 heavy (non-hydrogen) atoms. The summed E-state index contributed by atoms with van der Waals surface area (Å²) in [5, 5.41) is 9.31. The van der Waals surface area contributed by atoms with E-state index in [1.54, 1.807) is 4.90 Å². The Morgan fingerprint density at radius 3 is 2.74 bits per heavy atom. The van der Waals surface area contributed by atoms with Gasteiger partial charge in [0, 0.05) is 25.1 Å². The van der Waals surface area contributed by atoms with Crippen LogP contribution in [0.15, 0.2) is 18.2 Å². The fourth-order valence-corrected chi connectivity index (χ4v) is 4.97. The highest BCUT2D eigenvalue weighted by Gasteiger charge is 2.51. The van der Waals surface area contributed by atoms with E-state index in [4.69, 9.17) is 0 Å². The SMILES string of the molecule is O=C1CCC(N2Cc3cc(CNCC4[C@H]5CNC[C@@H]45)ccc3C2=O)C(=O)N1. The molecule has 0 aromatic heterocycles.